The van der Waals surface area contributed by atoms with Crippen LogP contribution in [-0.4, -0.2) is 10.2 Å². The van der Waals surface area contributed by atoms with Gasteiger partial charge in [-0.3, -0.25) is 4.79 Å². The Morgan fingerprint density at radius 3 is 2.62 bits per heavy atom. The van der Waals surface area contributed by atoms with Gasteiger partial charge in [-0.25, -0.2) is 4.39 Å². The van der Waals surface area contributed by atoms with Crippen LogP contribution in [-0.2, 0) is 4.79 Å². The zero-order valence-electron chi connectivity index (χ0n) is 7.94. The maximum atomic E-state index is 13.1. The average molecular weight is 283 g/mol. The Balaban J connectivity index is 2.05. The molecule has 1 unspecified atom stereocenters. The van der Waals surface area contributed by atoms with Gasteiger partial charge in [0.05, 0.1) is 10.9 Å². The first-order chi connectivity index (χ1) is 7.40. The van der Waals surface area contributed by atoms with Crippen LogP contribution in [0.3, 0.4) is 0 Å². The van der Waals surface area contributed by atoms with Crippen molar-refractivity contribution in [3.8, 4) is 0 Å². The highest BCUT2D eigenvalue weighted by Crippen LogP contribution is 2.53. The molecule has 16 heavy (non-hydrogen) atoms. The van der Waals surface area contributed by atoms with Crippen molar-refractivity contribution in [2.45, 2.75) is 10.8 Å². The summed E-state index contributed by atoms with van der Waals surface area (Å²) < 4.78 is 12.1. The SMILES string of the molecule is O=C(Nc1ccc(Cl)c(F)c1)C1CC1(Cl)Cl. The number of carbonyl (C=O) groups is 1. The second kappa shape index (κ2) is 4.06. The van der Waals surface area contributed by atoms with Crippen molar-refractivity contribution in [1.82, 2.24) is 0 Å². The molecule has 0 radical (unpaired) electrons. The molecule has 1 aliphatic rings. The van der Waals surface area contributed by atoms with Crippen molar-refractivity contribution >= 4 is 46.4 Å². The largest absolute Gasteiger partial charge is 0.326 e. The Morgan fingerprint density at radius 2 is 2.12 bits per heavy atom. The highest BCUT2D eigenvalue weighted by atomic mass is 35.5. The molecule has 0 bridgehead atoms. The molecule has 1 aromatic rings. The van der Waals surface area contributed by atoms with Crippen molar-refractivity contribution in [3.05, 3.63) is 29.0 Å². The molecular formula is C10H7Cl3FNO. The van der Waals surface area contributed by atoms with Crippen molar-refractivity contribution in [2.75, 3.05) is 5.32 Å². The van der Waals surface area contributed by atoms with E-state index >= 15 is 0 Å². The van der Waals surface area contributed by atoms with Gasteiger partial charge in [-0.15, -0.1) is 23.2 Å². The van der Waals surface area contributed by atoms with Crippen molar-refractivity contribution < 1.29 is 9.18 Å². The molecule has 1 N–H and O–H groups in total. The van der Waals surface area contributed by atoms with Gasteiger partial charge in [0.1, 0.15) is 10.2 Å². The summed E-state index contributed by atoms with van der Waals surface area (Å²) in [7, 11) is 0. The van der Waals surface area contributed by atoms with Crippen LogP contribution >= 0.6 is 34.8 Å². The monoisotopic (exact) mass is 281 g/mol. The summed E-state index contributed by atoms with van der Waals surface area (Å²) in [6, 6.07) is 4.02. The van der Waals surface area contributed by atoms with Crippen LogP contribution in [0.15, 0.2) is 18.2 Å². The van der Waals surface area contributed by atoms with Crippen molar-refractivity contribution in [3.63, 3.8) is 0 Å². The van der Waals surface area contributed by atoms with Gasteiger partial charge < -0.3 is 5.32 Å². The molecule has 1 fully saturated rings. The van der Waals surface area contributed by atoms with Gasteiger partial charge in [-0.05, 0) is 24.6 Å². The first-order valence-corrected chi connectivity index (χ1v) is 5.67. The number of hydrogen-bond donors (Lipinski definition) is 1. The maximum absolute atomic E-state index is 13.1. The molecule has 0 aromatic heterocycles. The lowest BCUT2D eigenvalue weighted by molar-refractivity contribution is -0.117. The third-order valence-corrected chi connectivity index (χ3v) is 3.47. The lowest BCUT2D eigenvalue weighted by Crippen LogP contribution is -2.16. The minimum absolute atomic E-state index is 0.00783. The fourth-order valence-corrected chi connectivity index (χ4v) is 1.93. The Kier molecular flexibility index (Phi) is 3.03. The number of alkyl halides is 2. The molecule has 1 amide bonds. The molecule has 86 valence electrons. The summed E-state index contributed by atoms with van der Waals surface area (Å²) in [4.78, 5) is 11.6. The normalized spacial score (nSPS) is 21.6. The number of amides is 1. The molecular weight excluding hydrogens is 275 g/mol. The van der Waals surface area contributed by atoms with E-state index in [1.807, 2.05) is 0 Å². The zero-order valence-corrected chi connectivity index (χ0v) is 10.2. The minimum atomic E-state index is -0.977. The molecule has 0 spiro atoms. The molecule has 1 saturated carbocycles. The number of rotatable bonds is 2. The predicted molar refractivity (Wildman–Crippen MR) is 62.6 cm³/mol. The topological polar surface area (TPSA) is 29.1 Å². The maximum Gasteiger partial charge on any atom is 0.230 e. The Morgan fingerprint density at radius 1 is 1.50 bits per heavy atom. The number of hydrogen-bond acceptors (Lipinski definition) is 1. The van der Waals surface area contributed by atoms with Gasteiger partial charge in [-0.1, -0.05) is 11.6 Å². The number of nitrogens with one attached hydrogen (secondary N) is 1. The van der Waals surface area contributed by atoms with E-state index in [-0.39, 0.29) is 10.9 Å². The van der Waals surface area contributed by atoms with Gasteiger partial charge in [0.25, 0.3) is 0 Å². The highest BCUT2D eigenvalue weighted by molar-refractivity contribution is 6.52. The van der Waals surface area contributed by atoms with E-state index in [1.165, 1.54) is 12.1 Å². The number of halogens is 4. The standard InChI is InChI=1S/C10H7Cl3FNO/c11-7-2-1-5(3-8(7)14)15-9(16)6-4-10(6,12)13/h1-3,6H,4H2,(H,15,16). The van der Waals surface area contributed by atoms with E-state index in [2.05, 4.69) is 5.32 Å². The lowest BCUT2D eigenvalue weighted by Gasteiger charge is -2.05. The number of benzene rings is 1. The Labute approximate surface area is 107 Å². The first-order valence-electron chi connectivity index (χ1n) is 4.54. The molecule has 0 heterocycles. The molecule has 0 aliphatic heterocycles. The summed E-state index contributed by atoms with van der Waals surface area (Å²) in [6.07, 6.45) is 0.415. The second-order valence-corrected chi connectivity index (χ2v) is 5.59. The third-order valence-electron chi connectivity index (χ3n) is 2.33. The van der Waals surface area contributed by atoms with Crippen LogP contribution in [0.1, 0.15) is 6.42 Å². The van der Waals surface area contributed by atoms with Crippen molar-refractivity contribution in [1.29, 1.82) is 0 Å². The summed E-state index contributed by atoms with van der Waals surface area (Å²) in [5.41, 5.74) is 0.336. The van der Waals surface area contributed by atoms with Crippen LogP contribution in [0.2, 0.25) is 5.02 Å². The first kappa shape index (κ1) is 12.0. The van der Waals surface area contributed by atoms with E-state index in [0.29, 0.717) is 12.1 Å². The Hall–Kier alpha value is -0.510. The number of anilines is 1. The second-order valence-electron chi connectivity index (χ2n) is 3.64. The van der Waals surface area contributed by atoms with E-state index in [9.17, 15) is 9.18 Å². The smallest absolute Gasteiger partial charge is 0.230 e. The van der Waals surface area contributed by atoms with Crippen LogP contribution in [0.25, 0.3) is 0 Å². The zero-order chi connectivity index (χ0) is 11.9. The van der Waals surface area contributed by atoms with E-state index in [1.54, 1.807) is 0 Å². The molecule has 1 aromatic carbocycles. The lowest BCUT2D eigenvalue weighted by atomic mass is 10.3. The Bertz CT molecular complexity index is 450. The summed E-state index contributed by atoms with van der Waals surface area (Å²) in [5.74, 6) is -1.33. The fourth-order valence-electron chi connectivity index (χ4n) is 1.30. The van der Waals surface area contributed by atoms with E-state index in [0.717, 1.165) is 6.07 Å². The summed E-state index contributed by atoms with van der Waals surface area (Å²) >= 11 is 17.0. The third kappa shape index (κ3) is 2.42. The molecule has 0 saturated heterocycles. The average Bonchev–Trinajstić information content (AvgIpc) is 2.82. The molecule has 1 aliphatic carbocycles. The van der Waals surface area contributed by atoms with E-state index < -0.39 is 16.1 Å². The molecule has 1 atom stereocenters. The van der Waals surface area contributed by atoms with Gasteiger partial charge in [-0.2, -0.15) is 0 Å². The predicted octanol–water partition coefficient (Wildman–Crippen LogP) is 3.61. The van der Waals surface area contributed by atoms with Gasteiger partial charge in [0, 0.05) is 5.69 Å². The van der Waals surface area contributed by atoms with Gasteiger partial charge in [0.15, 0.2) is 0 Å². The van der Waals surface area contributed by atoms with E-state index in [4.69, 9.17) is 34.8 Å². The molecule has 6 heteroatoms. The van der Waals surface area contributed by atoms with Crippen molar-refractivity contribution in [2.24, 2.45) is 5.92 Å². The quantitative estimate of drug-likeness (QED) is 0.825. The minimum Gasteiger partial charge on any atom is -0.326 e. The van der Waals surface area contributed by atoms with Crippen LogP contribution in [0.5, 0.6) is 0 Å². The van der Waals surface area contributed by atoms with Crippen LogP contribution in [0.4, 0.5) is 10.1 Å². The van der Waals surface area contributed by atoms with Crippen LogP contribution < -0.4 is 5.32 Å². The van der Waals surface area contributed by atoms with Crippen LogP contribution in [0, 0.1) is 11.7 Å². The van der Waals surface area contributed by atoms with Gasteiger partial charge in [0.2, 0.25) is 5.91 Å². The van der Waals surface area contributed by atoms with Gasteiger partial charge >= 0.3 is 0 Å². The fraction of sp³-hybridized carbons (Fsp3) is 0.300. The highest BCUT2D eigenvalue weighted by Gasteiger charge is 2.56. The molecule has 2 rings (SSSR count). The molecule has 2 nitrogen and oxygen atoms in total. The summed E-state index contributed by atoms with van der Waals surface area (Å²) in [6.45, 7) is 0. The summed E-state index contributed by atoms with van der Waals surface area (Å²) in [5, 5.41) is 2.53. The number of carbonyl (C=O) groups excluding carboxylic acids is 1.